The van der Waals surface area contributed by atoms with Gasteiger partial charge in [-0.05, 0) is 18.2 Å². The maximum absolute atomic E-state index is 13.1. The van der Waals surface area contributed by atoms with Gasteiger partial charge in [0.25, 0.3) is 5.91 Å². The number of aliphatic imine (C=N–C) groups is 1. The largest absolute Gasteiger partial charge is 0.494 e. The normalized spacial score (nSPS) is 15.3. The number of carbonyl (C=O) groups excluding carboxylic acids is 1. The van der Waals surface area contributed by atoms with Gasteiger partial charge in [0, 0.05) is 5.56 Å². The van der Waals surface area contributed by atoms with Gasteiger partial charge in [-0.1, -0.05) is 11.8 Å². The van der Waals surface area contributed by atoms with Crippen molar-refractivity contribution in [1.29, 1.82) is 0 Å². The lowest BCUT2D eigenvalue weighted by Crippen LogP contribution is -1.95. The molecule has 0 N–H and O–H groups in total. The number of nitrogens with zero attached hydrogens (tertiary/aromatic N) is 1. The third-order valence-electron chi connectivity index (χ3n) is 1.96. The number of thioether (sulfide) groups is 1. The molecule has 0 bridgehead atoms. The van der Waals surface area contributed by atoms with Gasteiger partial charge in [-0.25, -0.2) is 9.38 Å². The molecule has 15 heavy (non-hydrogen) atoms. The third kappa shape index (κ3) is 2.02. The maximum atomic E-state index is 13.1. The number of amides is 1. The van der Waals surface area contributed by atoms with E-state index in [4.69, 9.17) is 4.74 Å². The van der Waals surface area contributed by atoms with Crippen LogP contribution in [-0.2, 0) is 4.79 Å². The molecule has 1 aliphatic heterocycles. The highest BCUT2D eigenvalue weighted by atomic mass is 32.2. The highest BCUT2D eigenvalue weighted by Crippen LogP contribution is 2.24. The fraction of sp³-hybridized carbons (Fsp3) is 0.200. The van der Waals surface area contributed by atoms with E-state index in [1.54, 1.807) is 12.1 Å². The summed E-state index contributed by atoms with van der Waals surface area (Å²) in [6.45, 7) is 0. The van der Waals surface area contributed by atoms with Crippen LogP contribution in [0, 0.1) is 5.82 Å². The van der Waals surface area contributed by atoms with Crippen LogP contribution in [-0.4, -0.2) is 23.8 Å². The SMILES string of the molecule is COc1cc(C2=NC(=O)CS2)ccc1F. The molecular weight excluding hydrogens is 217 g/mol. The number of rotatable bonds is 2. The molecular formula is C10H8FNO2S. The Kier molecular flexibility index (Phi) is 2.73. The lowest BCUT2D eigenvalue weighted by molar-refractivity contribution is -0.115. The summed E-state index contributed by atoms with van der Waals surface area (Å²) in [5.74, 6) is -0.0562. The molecule has 0 aromatic heterocycles. The summed E-state index contributed by atoms with van der Waals surface area (Å²) in [4.78, 5) is 14.8. The standard InChI is InChI=1S/C10H8FNO2S/c1-14-8-4-6(2-3-7(8)11)10-12-9(13)5-15-10/h2-4H,5H2,1H3. The Labute approximate surface area is 90.3 Å². The van der Waals surface area contributed by atoms with Crippen molar-refractivity contribution in [3.8, 4) is 5.75 Å². The van der Waals surface area contributed by atoms with Gasteiger partial charge in [0.15, 0.2) is 11.6 Å². The Hall–Kier alpha value is -1.36. The molecule has 0 saturated heterocycles. The number of carbonyl (C=O) groups is 1. The summed E-state index contributed by atoms with van der Waals surface area (Å²) in [5.41, 5.74) is 0.712. The van der Waals surface area contributed by atoms with E-state index in [1.165, 1.54) is 24.9 Å². The van der Waals surface area contributed by atoms with Crippen LogP contribution in [0.3, 0.4) is 0 Å². The monoisotopic (exact) mass is 225 g/mol. The minimum absolute atomic E-state index is 0.154. The molecule has 78 valence electrons. The van der Waals surface area contributed by atoms with E-state index in [1.807, 2.05) is 0 Å². The summed E-state index contributed by atoms with van der Waals surface area (Å²) < 4.78 is 17.9. The first-order valence-corrected chi connectivity index (χ1v) is 5.27. The van der Waals surface area contributed by atoms with Crippen molar-refractivity contribution < 1.29 is 13.9 Å². The Balaban J connectivity index is 2.37. The maximum Gasteiger partial charge on any atom is 0.257 e. The molecule has 1 aromatic carbocycles. The van der Waals surface area contributed by atoms with Crippen molar-refractivity contribution in [2.24, 2.45) is 4.99 Å². The smallest absolute Gasteiger partial charge is 0.257 e. The topological polar surface area (TPSA) is 38.7 Å². The summed E-state index contributed by atoms with van der Waals surface area (Å²) in [5, 5.41) is 0.623. The lowest BCUT2D eigenvalue weighted by atomic mass is 10.2. The first kappa shape index (κ1) is 10.2. The summed E-state index contributed by atoms with van der Waals surface area (Å²) >= 11 is 1.35. The van der Waals surface area contributed by atoms with Crippen molar-refractivity contribution in [3.63, 3.8) is 0 Å². The van der Waals surface area contributed by atoms with Crippen molar-refractivity contribution in [2.75, 3.05) is 12.9 Å². The van der Waals surface area contributed by atoms with Crippen LogP contribution >= 0.6 is 11.8 Å². The van der Waals surface area contributed by atoms with Gasteiger partial charge in [-0.15, -0.1) is 0 Å². The van der Waals surface area contributed by atoms with Gasteiger partial charge in [0.2, 0.25) is 0 Å². The molecule has 3 nitrogen and oxygen atoms in total. The van der Waals surface area contributed by atoms with E-state index in [9.17, 15) is 9.18 Å². The molecule has 0 atom stereocenters. The molecule has 2 rings (SSSR count). The summed E-state index contributed by atoms with van der Waals surface area (Å²) in [6, 6.07) is 4.43. The average Bonchev–Trinajstić information content (AvgIpc) is 2.66. The fourth-order valence-corrected chi connectivity index (χ4v) is 2.03. The van der Waals surface area contributed by atoms with Gasteiger partial charge >= 0.3 is 0 Å². The molecule has 0 radical (unpaired) electrons. The predicted octanol–water partition coefficient (Wildman–Crippen LogP) is 1.85. The highest BCUT2D eigenvalue weighted by molar-refractivity contribution is 8.15. The minimum atomic E-state index is -0.420. The fourth-order valence-electron chi connectivity index (χ4n) is 1.25. The number of halogens is 1. The zero-order chi connectivity index (χ0) is 10.8. The summed E-state index contributed by atoms with van der Waals surface area (Å²) in [6.07, 6.45) is 0. The predicted molar refractivity (Wildman–Crippen MR) is 57.0 cm³/mol. The van der Waals surface area contributed by atoms with E-state index < -0.39 is 5.82 Å². The lowest BCUT2D eigenvalue weighted by Gasteiger charge is -2.04. The number of hydrogen-bond donors (Lipinski definition) is 0. The van der Waals surface area contributed by atoms with Crippen LogP contribution in [0.1, 0.15) is 5.56 Å². The zero-order valence-corrected chi connectivity index (χ0v) is 8.81. The van der Waals surface area contributed by atoms with Gasteiger partial charge in [0.05, 0.1) is 12.9 Å². The number of benzene rings is 1. The molecule has 0 fully saturated rings. The molecule has 1 aromatic rings. The number of hydrogen-bond acceptors (Lipinski definition) is 3. The van der Waals surface area contributed by atoms with E-state index in [0.717, 1.165) is 0 Å². The summed E-state index contributed by atoms with van der Waals surface area (Å²) in [7, 11) is 1.40. The molecule has 1 aliphatic rings. The van der Waals surface area contributed by atoms with Crippen LogP contribution in [0.15, 0.2) is 23.2 Å². The van der Waals surface area contributed by atoms with Gasteiger partial charge in [-0.3, -0.25) is 4.79 Å². The van der Waals surface area contributed by atoms with Crippen LogP contribution < -0.4 is 4.74 Å². The third-order valence-corrected chi connectivity index (χ3v) is 2.95. The Bertz CT molecular complexity index is 445. The highest BCUT2D eigenvalue weighted by Gasteiger charge is 2.17. The van der Waals surface area contributed by atoms with Gasteiger partial charge in [-0.2, -0.15) is 0 Å². The van der Waals surface area contributed by atoms with Crippen LogP contribution in [0.2, 0.25) is 0 Å². The van der Waals surface area contributed by atoms with Crippen molar-refractivity contribution in [3.05, 3.63) is 29.6 Å². The van der Waals surface area contributed by atoms with Crippen molar-refractivity contribution >= 4 is 22.7 Å². The van der Waals surface area contributed by atoms with Gasteiger partial charge < -0.3 is 4.74 Å². The molecule has 0 spiro atoms. The second-order valence-electron chi connectivity index (χ2n) is 2.95. The molecule has 0 unspecified atom stereocenters. The quantitative estimate of drug-likeness (QED) is 0.771. The van der Waals surface area contributed by atoms with Crippen LogP contribution in [0.4, 0.5) is 4.39 Å². The Morgan fingerprint density at radius 2 is 2.33 bits per heavy atom. The van der Waals surface area contributed by atoms with Crippen LogP contribution in [0.5, 0.6) is 5.75 Å². The van der Waals surface area contributed by atoms with Crippen molar-refractivity contribution in [1.82, 2.24) is 0 Å². The van der Waals surface area contributed by atoms with Crippen LogP contribution in [0.25, 0.3) is 0 Å². The van der Waals surface area contributed by atoms with E-state index in [2.05, 4.69) is 4.99 Å². The molecule has 0 saturated carbocycles. The molecule has 5 heteroatoms. The Morgan fingerprint density at radius 1 is 1.53 bits per heavy atom. The van der Waals surface area contributed by atoms with Crippen molar-refractivity contribution in [2.45, 2.75) is 0 Å². The Morgan fingerprint density at radius 3 is 2.93 bits per heavy atom. The molecule has 1 amide bonds. The molecule has 1 heterocycles. The second kappa shape index (κ2) is 4.02. The number of methoxy groups -OCH3 is 1. The average molecular weight is 225 g/mol. The number of ether oxygens (including phenoxy) is 1. The second-order valence-corrected chi connectivity index (χ2v) is 3.91. The van der Waals surface area contributed by atoms with E-state index >= 15 is 0 Å². The first-order valence-electron chi connectivity index (χ1n) is 4.29. The van der Waals surface area contributed by atoms with E-state index in [-0.39, 0.29) is 11.7 Å². The van der Waals surface area contributed by atoms with Gasteiger partial charge in [0.1, 0.15) is 5.04 Å². The minimum Gasteiger partial charge on any atom is -0.494 e. The zero-order valence-electron chi connectivity index (χ0n) is 7.99. The molecule has 0 aliphatic carbocycles. The first-order chi connectivity index (χ1) is 7.20. The van der Waals surface area contributed by atoms with E-state index in [0.29, 0.717) is 16.4 Å².